The second-order valence-corrected chi connectivity index (χ2v) is 14.6. The third-order valence-corrected chi connectivity index (χ3v) is 9.05. The van der Waals surface area contributed by atoms with Crippen molar-refractivity contribution in [3.05, 3.63) is 109 Å². The third-order valence-electron chi connectivity index (χ3n) is 9.05. The van der Waals surface area contributed by atoms with Crippen LogP contribution in [0.25, 0.3) is 0 Å². The molecule has 0 saturated carbocycles. The van der Waals surface area contributed by atoms with Crippen LogP contribution in [0.3, 0.4) is 0 Å². The van der Waals surface area contributed by atoms with E-state index in [1.54, 1.807) is 0 Å². The van der Waals surface area contributed by atoms with Crippen molar-refractivity contribution >= 4 is 17.9 Å². The molecule has 326 valence electrons. The fourth-order valence-corrected chi connectivity index (χ4v) is 5.66. The van der Waals surface area contributed by atoms with Crippen molar-refractivity contribution in [1.29, 1.82) is 0 Å². The minimum atomic E-state index is -0.832. The van der Waals surface area contributed by atoms with Crippen LogP contribution in [0, 0.1) is 0 Å². The highest BCUT2D eigenvalue weighted by atomic mass is 16.6. The Bertz CT molecular complexity index is 1240. The van der Waals surface area contributed by atoms with Crippen molar-refractivity contribution in [3.63, 3.8) is 0 Å². The molecule has 58 heavy (non-hydrogen) atoms. The highest BCUT2D eigenvalue weighted by Crippen LogP contribution is 2.11. The molecule has 0 aliphatic rings. The summed E-state index contributed by atoms with van der Waals surface area (Å²) in [6.45, 7) is 6.24. The summed E-state index contributed by atoms with van der Waals surface area (Å²) in [5.74, 6) is -1.07. The standard InChI is InChI=1S/C52H82O6/c1-4-7-10-13-16-19-22-23-24-25-26-27-28-31-33-36-39-42-45-51(54)57-48-49(58-52(55)46-43-40-37-34-30-21-18-15-12-9-6-3)47-56-50(53)44-41-38-35-32-29-20-17-14-11-8-5-2/h8-9,11-12,17-18,20-27,32,34-35,37,49H,4-7,10,13-16,19,28-31,33,36,38-48H2,1-3H3/b11-8-,12-9-,20-17-,21-18-,23-22-,25-24-,27-26-,35-32-,37-34-. The van der Waals surface area contributed by atoms with Gasteiger partial charge in [-0.25, -0.2) is 0 Å². The Kier molecular flexibility index (Phi) is 42.7. The van der Waals surface area contributed by atoms with Gasteiger partial charge in [-0.05, 0) is 96.3 Å². The van der Waals surface area contributed by atoms with E-state index in [9.17, 15) is 14.4 Å². The number of hydrogen-bond donors (Lipinski definition) is 0. The molecule has 1 atom stereocenters. The summed E-state index contributed by atoms with van der Waals surface area (Å²) in [5.41, 5.74) is 0. The molecule has 1 unspecified atom stereocenters. The van der Waals surface area contributed by atoms with Crippen LogP contribution in [0.5, 0.6) is 0 Å². The van der Waals surface area contributed by atoms with Crippen LogP contribution in [0.1, 0.15) is 181 Å². The predicted octanol–water partition coefficient (Wildman–Crippen LogP) is 14.8. The first kappa shape index (κ1) is 54.1. The first-order chi connectivity index (χ1) is 28.5. The average Bonchev–Trinajstić information content (AvgIpc) is 3.22. The second-order valence-electron chi connectivity index (χ2n) is 14.6. The van der Waals surface area contributed by atoms with Crippen LogP contribution in [0.2, 0.25) is 0 Å². The van der Waals surface area contributed by atoms with Gasteiger partial charge in [-0.3, -0.25) is 14.4 Å². The number of unbranched alkanes of at least 4 members (excludes halogenated alkanes) is 12. The number of hydrogen-bond acceptors (Lipinski definition) is 6. The van der Waals surface area contributed by atoms with Gasteiger partial charge in [-0.2, -0.15) is 0 Å². The second kappa shape index (κ2) is 45.8. The zero-order chi connectivity index (χ0) is 42.3. The lowest BCUT2D eigenvalue weighted by Gasteiger charge is -2.18. The van der Waals surface area contributed by atoms with Gasteiger partial charge < -0.3 is 14.2 Å². The minimum Gasteiger partial charge on any atom is -0.462 e. The summed E-state index contributed by atoms with van der Waals surface area (Å²) in [7, 11) is 0. The van der Waals surface area contributed by atoms with E-state index in [1.807, 2.05) is 0 Å². The molecule has 0 bridgehead atoms. The van der Waals surface area contributed by atoms with Gasteiger partial charge in [0.15, 0.2) is 6.10 Å². The predicted molar refractivity (Wildman–Crippen MR) is 247 cm³/mol. The summed E-state index contributed by atoms with van der Waals surface area (Å²) in [6.07, 6.45) is 60.9. The Morgan fingerprint density at radius 1 is 0.379 bits per heavy atom. The third kappa shape index (κ3) is 43.2. The largest absolute Gasteiger partial charge is 0.462 e. The fourth-order valence-electron chi connectivity index (χ4n) is 5.66. The molecule has 0 aromatic heterocycles. The molecular weight excluding hydrogens is 721 g/mol. The van der Waals surface area contributed by atoms with Crippen LogP contribution in [-0.2, 0) is 28.6 Å². The SMILES string of the molecule is CC/C=C\C/C=C\C/C=C\CCCC(=O)OCC(COC(=O)CCCCCCC\C=C/C=C\C=C/CCCCCCC)OC(=O)CCC/C=C\C/C=C\C/C=C\CC. The first-order valence-electron chi connectivity index (χ1n) is 22.9. The maximum absolute atomic E-state index is 12.7. The Balaban J connectivity index is 4.51. The number of rotatable bonds is 39. The molecule has 0 aromatic carbocycles. The lowest BCUT2D eigenvalue weighted by atomic mass is 10.1. The molecule has 0 amide bonds. The maximum Gasteiger partial charge on any atom is 0.306 e. The minimum absolute atomic E-state index is 0.127. The fraction of sp³-hybridized carbons (Fsp3) is 0.596. The van der Waals surface area contributed by atoms with E-state index in [4.69, 9.17) is 14.2 Å². The number of carbonyl (C=O) groups is 3. The van der Waals surface area contributed by atoms with Crippen molar-refractivity contribution in [2.45, 2.75) is 187 Å². The number of ether oxygens (including phenoxy) is 3. The maximum atomic E-state index is 12.7. The highest BCUT2D eigenvalue weighted by Gasteiger charge is 2.19. The summed E-state index contributed by atoms with van der Waals surface area (Å²) in [5, 5.41) is 0. The van der Waals surface area contributed by atoms with Crippen molar-refractivity contribution in [2.24, 2.45) is 0 Å². The number of carbonyl (C=O) groups excluding carboxylic acids is 3. The monoisotopic (exact) mass is 803 g/mol. The molecule has 0 spiro atoms. The van der Waals surface area contributed by atoms with E-state index in [0.29, 0.717) is 19.3 Å². The molecule has 0 radical (unpaired) electrons. The Morgan fingerprint density at radius 3 is 1.24 bits per heavy atom. The normalized spacial score (nSPS) is 13.1. The van der Waals surface area contributed by atoms with E-state index >= 15 is 0 Å². The number of esters is 3. The molecule has 0 heterocycles. The van der Waals surface area contributed by atoms with E-state index in [-0.39, 0.29) is 44.0 Å². The van der Waals surface area contributed by atoms with Crippen LogP contribution in [-0.4, -0.2) is 37.2 Å². The van der Waals surface area contributed by atoms with E-state index in [1.165, 1.54) is 32.1 Å². The molecule has 0 aromatic rings. The zero-order valence-corrected chi connectivity index (χ0v) is 37.0. The van der Waals surface area contributed by atoms with Gasteiger partial charge in [0.1, 0.15) is 13.2 Å². The Labute approximate surface area is 355 Å². The van der Waals surface area contributed by atoms with Gasteiger partial charge in [0, 0.05) is 19.3 Å². The molecule has 6 heteroatoms. The quantitative estimate of drug-likeness (QED) is 0.0202. The van der Waals surface area contributed by atoms with Crippen LogP contribution < -0.4 is 0 Å². The molecule has 6 nitrogen and oxygen atoms in total. The van der Waals surface area contributed by atoms with E-state index in [2.05, 4.69) is 130 Å². The van der Waals surface area contributed by atoms with Gasteiger partial charge in [0.05, 0.1) is 0 Å². The molecule has 0 aliphatic carbocycles. The molecule has 0 rings (SSSR count). The first-order valence-corrected chi connectivity index (χ1v) is 22.9. The average molecular weight is 803 g/mol. The van der Waals surface area contributed by atoms with Gasteiger partial charge in [0.25, 0.3) is 0 Å². The van der Waals surface area contributed by atoms with Crippen molar-refractivity contribution in [1.82, 2.24) is 0 Å². The van der Waals surface area contributed by atoms with Crippen LogP contribution in [0.15, 0.2) is 109 Å². The molecule has 0 fully saturated rings. The molecule has 0 saturated heterocycles. The topological polar surface area (TPSA) is 78.9 Å². The van der Waals surface area contributed by atoms with E-state index in [0.717, 1.165) is 96.3 Å². The zero-order valence-electron chi connectivity index (χ0n) is 37.0. The summed E-state index contributed by atoms with van der Waals surface area (Å²) in [4.78, 5) is 37.7. The smallest absolute Gasteiger partial charge is 0.306 e. The van der Waals surface area contributed by atoms with Crippen molar-refractivity contribution < 1.29 is 28.6 Å². The summed E-state index contributed by atoms with van der Waals surface area (Å²) < 4.78 is 16.6. The molecule has 0 aliphatic heterocycles. The van der Waals surface area contributed by atoms with Gasteiger partial charge in [-0.1, -0.05) is 175 Å². The lowest BCUT2D eigenvalue weighted by molar-refractivity contribution is -0.167. The van der Waals surface area contributed by atoms with Gasteiger partial charge in [-0.15, -0.1) is 0 Å². The molecule has 0 N–H and O–H groups in total. The highest BCUT2D eigenvalue weighted by molar-refractivity contribution is 5.71. The van der Waals surface area contributed by atoms with Gasteiger partial charge in [0.2, 0.25) is 0 Å². The summed E-state index contributed by atoms with van der Waals surface area (Å²) in [6, 6.07) is 0. The van der Waals surface area contributed by atoms with Gasteiger partial charge >= 0.3 is 17.9 Å². The molecular formula is C52H82O6. The van der Waals surface area contributed by atoms with E-state index < -0.39 is 6.10 Å². The Hall–Kier alpha value is -3.93. The summed E-state index contributed by atoms with van der Waals surface area (Å²) >= 11 is 0. The Morgan fingerprint density at radius 2 is 0.759 bits per heavy atom. The van der Waals surface area contributed by atoms with Crippen LogP contribution >= 0.6 is 0 Å². The number of allylic oxidation sites excluding steroid dienone is 18. The van der Waals surface area contributed by atoms with Crippen molar-refractivity contribution in [3.8, 4) is 0 Å². The van der Waals surface area contributed by atoms with Crippen LogP contribution in [0.4, 0.5) is 0 Å². The van der Waals surface area contributed by atoms with Crippen molar-refractivity contribution in [2.75, 3.05) is 13.2 Å². The lowest BCUT2D eigenvalue weighted by Crippen LogP contribution is -2.30.